The Bertz CT molecular complexity index is 1190. The minimum absolute atomic E-state index is 0.214. The highest BCUT2D eigenvalue weighted by Gasteiger charge is 2.29. The van der Waals surface area contributed by atoms with Crippen LogP contribution in [0.2, 0.25) is 0 Å². The highest BCUT2D eigenvalue weighted by atomic mass is 32.1. The fraction of sp³-hybridized carbons (Fsp3) is 0.318. The van der Waals surface area contributed by atoms with Crippen molar-refractivity contribution in [2.75, 3.05) is 12.4 Å². The van der Waals surface area contributed by atoms with Crippen LogP contribution in [0, 0.1) is 11.7 Å². The third-order valence-corrected chi connectivity index (χ3v) is 7.31. The van der Waals surface area contributed by atoms with Gasteiger partial charge in [0.05, 0.1) is 18.4 Å². The Morgan fingerprint density at radius 3 is 2.74 bits per heavy atom. The van der Waals surface area contributed by atoms with Gasteiger partial charge in [0.2, 0.25) is 5.91 Å². The van der Waals surface area contributed by atoms with E-state index >= 15 is 0 Å². The Morgan fingerprint density at radius 1 is 1.29 bits per heavy atom. The zero-order valence-corrected chi connectivity index (χ0v) is 18.7. The average molecular weight is 461 g/mol. The van der Waals surface area contributed by atoms with E-state index < -0.39 is 11.9 Å². The summed E-state index contributed by atoms with van der Waals surface area (Å²) in [5.41, 5.74) is 2.55. The van der Waals surface area contributed by atoms with Gasteiger partial charge in [0.15, 0.2) is 0 Å². The Labute approximate surface area is 186 Å². The van der Waals surface area contributed by atoms with Crippen LogP contribution in [0.25, 0.3) is 11.3 Å². The molecule has 1 aliphatic rings. The van der Waals surface area contributed by atoms with Gasteiger partial charge in [0.25, 0.3) is 0 Å². The molecule has 31 heavy (non-hydrogen) atoms. The summed E-state index contributed by atoms with van der Waals surface area (Å²) in [5.74, 6) is -0.748. The molecule has 0 aliphatic heterocycles. The Balaban J connectivity index is 1.61. The van der Waals surface area contributed by atoms with E-state index in [9.17, 15) is 18.8 Å². The second-order valence-corrected chi connectivity index (χ2v) is 9.50. The fourth-order valence-corrected chi connectivity index (χ4v) is 5.97. The molecular formula is C22H21FN2O4S2. The first-order chi connectivity index (χ1) is 14.9. The molecule has 1 N–H and O–H groups in total. The molecule has 3 aromatic rings. The standard InChI is InChI=1S/C22H21FN2O4S2/c1-12-3-8-15-17(9-12)31-20(19(15)21(27)29-2)24-18(26)10-25-16(11-30-22(25)28)13-4-6-14(23)7-5-13/h4-7,11-12H,3,8-10H2,1-2H3,(H,24,26)/t12-/m0/s1. The summed E-state index contributed by atoms with van der Waals surface area (Å²) in [6.45, 7) is 1.95. The van der Waals surface area contributed by atoms with Crippen LogP contribution < -0.4 is 10.2 Å². The van der Waals surface area contributed by atoms with Crippen LogP contribution >= 0.6 is 22.7 Å². The molecule has 9 heteroatoms. The number of benzene rings is 1. The quantitative estimate of drug-likeness (QED) is 0.575. The van der Waals surface area contributed by atoms with E-state index in [0.29, 0.717) is 27.7 Å². The predicted octanol–water partition coefficient (Wildman–Crippen LogP) is 4.33. The van der Waals surface area contributed by atoms with Gasteiger partial charge in [-0.1, -0.05) is 18.3 Å². The molecule has 0 unspecified atom stereocenters. The Morgan fingerprint density at radius 2 is 2.03 bits per heavy atom. The van der Waals surface area contributed by atoms with Gasteiger partial charge in [-0.2, -0.15) is 0 Å². The number of esters is 1. The number of rotatable bonds is 5. The molecule has 1 aromatic carbocycles. The number of thiazole rings is 1. The molecule has 1 aliphatic carbocycles. The zero-order chi connectivity index (χ0) is 22.1. The number of amides is 1. The molecule has 6 nitrogen and oxygen atoms in total. The van der Waals surface area contributed by atoms with Gasteiger partial charge in [0, 0.05) is 10.3 Å². The van der Waals surface area contributed by atoms with Gasteiger partial charge in [-0.3, -0.25) is 14.2 Å². The molecule has 162 valence electrons. The molecular weight excluding hydrogens is 439 g/mol. The van der Waals surface area contributed by atoms with E-state index in [1.54, 1.807) is 17.5 Å². The summed E-state index contributed by atoms with van der Waals surface area (Å²) >= 11 is 2.37. The maximum absolute atomic E-state index is 13.2. The molecule has 1 atom stereocenters. The largest absolute Gasteiger partial charge is 0.465 e. The number of hydrogen-bond donors (Lipinski definition) is 1. The molecule has 2 heterocycles. The maximum Gasteiger partial charge on any atom is 0.341 e. The molecule has 0 fully saturated rings. The maximum atomic E-state index is 13.2. The number of methoxy groups -OCH3 is 1. The fourth-order valence-electron chi connectivity index (χ4n) is 3.79. The number of carbonyl (C=O) groups excluding carboxylic acids is 2. The zero-order valence-electron chi connectivity index (χ0n) is 17.1. The number of nitrogens with one attached hydrogen (secondary N) is 1. The third-order valence-electron chi connectivity index (χ3n) is 5.38. The molecule has 0 radical (unpaired) electrons. The van der Waals surface area contributed by atoms with Crippen molar-refractivity contribution in [3.05, 3.63) is 61.1 Å². The number of anilines is 1. The lowest BCUT2D eigenvalue weighted by Gasteiger charge is -2.18. The van der Waals surface area contributed by atoms with Crippen LogP contribution in [0.4, 0.5) is 9.39 Å². The number of hydrogen-bond acceptors (Lipinski definition) is 6. The highest BCUT2D eigenvalue weighted by molar-refractivity contribution is 7.17. The Hall–Kier alpha value is -2.78. The van der Waals surface area contributed by atoms with Crippen LogP contribution in [0.3, 0.4) is 0 Å². The second-order valence-electron chi connectivity index (χ2n) is 7.58. The number of thiophene rings is 1. The minimum Gasteiger partial charge on any atom is -0.465 e. The van der Waals surface area contributed by atoms with E-state index in [2.05, 4.69) is 12.2 Å². The summed E-state index contributed by atoms with van der Waals surface area (Å²) in [5, 5.41) is 4.92. The lowest BCUT2D eigenvalue weighted by atomic mass is 9.88. The lowest BCUT2D eigenvalue weighted by Crippen LogP contribution is -2.25. The predicted molar refractivity (Wildman–Crippen MR) is 119 cm³/mol. The first-order valence-electron chi connectivity index (χ1n) is 9.84. The van der Waals surface area contributed by atoms with Crippen LogP contribution in [0.15, 0.2) is 34.4 Å². The van der Waals surface area contributed by atoms with E-state index in [1.807, 2.05) is 0 Å². The monoisotopic (exact) mass is 460 g/mol. The molecule has 4 rings (SSSR count). The molecule has 0 saturated carbocycles. The second kappa shape index (κ2) is 8.76. The van der Waals surface area contributed by atoms with Crippen LogP contribution in [-0.2, 0) is 28.9 Å². The summed E-state index contributed by atoms with van der Waals surface area (Å²) in [4.78, 5) is 38.4. The van der Waals surface area contributed by atoms with E-state index in [1.165, 1.54) is 35.1 Å². The van der Waals surface area contributed by atoms with Crippen molar-refractivity contribution < 1.29 is 18.7 Å². The SMILES string of the molecule is COC(=O)c1c(NC(=O)Cn2c(-c3ccc(F)cc3)csc2=O)sc2c1CC[C@H](C)C2. The van der Waals surface area contributed by atoms with Crippen molar-refractivity contribution in [2.45, 2.75) is 32.7 Å². The van der Waals surface area contributed by atoms with Crippen molar-refractivity contribution >= 4 is 39.6 Å². The summed E-state index contributed by atoms with van der Waals surface area (Å²) in [6.07, 6.45) is 2.61. The van der Waals surface area contributed by atoms with Crippen molar-refractivity contribution in [1.82, 2.24) is 4.57 Å². The summed E-state index contributed by atoms with van der Waals surface area (Å²) in [6, 6.07) is 5.74. The van der Waals surface area contributed by atoms with Crippen molar-refractivity contribution in [3.63, 3.8) is 0 Å². The lowest BCUT2D eigenvalue weighted by molar-refractivity contribution is -0.116. The number of ether oxygens (including phenoxy) is 1. The van der Waals surface area contributed by atoms with Crippen LogP contribution in [0.5, 0.6) is 0 Å². The number of fused-ring (bicyclic) bond motifs is 1. The third kappa shape index (κ3) is 4.33. The molecule has 0 saturated heterocycles. The van der Waals surface area contributed by atoms with Gasteiger partial charge in [-0.15, -0.1) is 11.3 Å². The number of halogens is 1. The van der Waals surface area contributed by atoms with Gasteiger partial charge in [-0.25, -0.2) is 9.18 Å². The van der Waals surface area contributed by atoms with Crippen LogP contribution in [-0.4, -0.2) is 23.6 Å². The highest BCUT2D eigenvalue weighted by Crippen LogP contribution is 2.40. The number of nitrogens with zero attached hydrogens (tertiary/aromatic N) is 1. The number of aromatic nitrogens is 1. The van der Waals surface area contributed by atoms with E-state index in [0.717, 1.165) is 41.0 Å². The minimum atomic E-state index is -0.470. The summed E-state index contributed by atoms with van der Waals surface area (Å²) in [7, 11) is 1.32. The van der Waals surface area contributed by atoms with E-state index in [-0.39, 0.29) is 17.2 Å². The molecule has 0 bridgehead atoms. The van der Waals surface area contributed by atoms with Gasteiger partial charge in [0.1, 0.15) is 17.4 Å². The summed E-state index contributed by atoms with van der Waals surface area (Å²) < 4.78 is 19.5. The number of carbonyl (C=O) groups is 2. The Kier molecular flexibility index (Phi) is 6.06. The van der Waals surface area contributed by atoms with Crippen LogP contribution in [0.1, 0.15) is 34.1 Å². The average Bonchev–Trinajstić information content (AvgIpc) is 3.27. The first-order valence-corrected chi connectivity index (χ1v) is 11.5. The molecule has 2 aromatic heterocycles. The van der Waals surface area contributed by atoms with Gasteiger partial charge >= 0.3 is 10.8 Å². The van der Waals surface area contributed by atoms with E-state index in [4.69, 9.17) is 4.74 Å². The van der Waals surface area contributed by atoms with Gasteiger partial charge < -0.3 is 10.1 Å². The van der Waals surface area contributed by atoms with Crippen molar-refractivity contribution in [3.8, 4) is 11.3 Å². The first kappa shape index (κ1) is 21.5. The molecule has 1 amide bonds. The topological polar surface area (TPSA) is 77.4 Å². The van der Waals surface area contributed by atoms with Crippen molar-refractivity contribution in [2.24, 2.45) is 5.92 Å². The van der Waals surface area contributed by atoms with Gasteiger partial charge in [-0.05, 0) is 60.6 Å². The molecule has 0 spiro atoms. The van der Waals surface area contributed by atoms with Crippen molar-refractivity contribution in [1.29, 1.82) is 0 Å². The smallest absolute Gasteiger partial charge is 0.341 e. The normalized spacial score (nSPS) is 15.4.